The van der Waals surface area contributed by atoms with Crippen LogP contribution in [0.2, 0.25) is 5.02 Å². The maximum absolute atomic E-state index is 11.8. The van der Waals surface area contributed by atoms with Crippen molar-refractivity contribution in [1.29, 1.82) is 0 Å². The molecule has 0 aliphatic rings. The minimum atomic E-state index is -1.42. The molecule has 1 atom stereocenters. The van der Waals surface area contributed by atoms with Gasteiger partial charge in [-0.05, 0) is 24.3 Å². The van der Waals surface area contributed by atoms with E-state index in [-0.39, 0.29) is 5.95 Å². The van der Waals surface area contributed by atoms with Crippen LogP contribution in [0.1, 0.15) is 0 Å². The van der Waals surface area contributed by atoms with Crippen LogP contribution >= 0.6 is 23.5 Å². The van der Waals surface area contributed by atoms with Gasteiger partial charge in [0, 0.05) is 10.6 Å². The van der Waals surface area contributed by atoms with Crippen molar-refractivity contribution in [2.24, 2.45) is 5.73 Å². The number of anilines is 1. The number of nitrogens with two attached hydrogens (primary N) is 2. The van der Waals surface area contributed by atoms with Gasteiger partial charge in [0.2, 0.25) is 11.1 Å². The van der Waals surface area contributed by atoms with Crippen LogP contribution in [0.15, 0.2) is 24.3 Å². The van der Waals surface area contributed by atoms with Crippen LogP contribution < -0.4 is 11.5 Å². The van der Waals surface area contributed by atoms with Gasteiger partial charge in [-0.3, -0.25) is 4.79 Å². The molecule has 0 aliphatic carbocycles. The summed E-state index contributed by atoms with van der Waals surface area (Å²) < 4.78 is 5.49. The summed E-state index contributed by atoms with van der Waals surface area (Å²) in [4.78, 5) is 27.1. The number of hydrogen-bond donors (Lipinski definition) is 2. The Morgan fingerprint density at radius 1 is 1.36 bits per heavy atom. The van der Waals surface area contributed by atoms with E-state index in [4.69, 9.17) is 23.1 Å². The lowest BCUT2D eigenvalue weighted by Crippen LogP contribution is -2.38. The Hall–Kier alpha value is -2.10. The maximum Gasteiger partial charge on any atom is 0.331 e. The second-order valence-corrected chi connectivity index (χ2v) is 5.45. The first kappa shape index (κ1) is 16.3. The first-order chi connectivity index (χ1) is 10.4. The number of rotatable bonds is 4. The van der Waals surface area contributed by atoms with Gasteiger partial charge in [-0.2, -0.15) is 9.07 Å². The number of esters is 1. The summed E-state index contributed by atoms with van der Waals surface area (Å²) in [6.45, 7) is 0. The van der Waals surface area contributed by atoms with Gasteiger partial charge in [0.05, 0.1) is 19.1 Å². The first-order valence-electron chi connectivity index (χ1n) is 5.96. The molecule has 1 aromatic heterocycles. The zero-order valence-corrected chi connectivity index (χ0v) is 13.0. The fraction of sp³-hybridized carbons (Fsp3) is 0.167. The molecule has 0 amide bonds. The first-order valence-corrected chi connectivity index (χ1v) is 7.11. The van der Waals surface area contributed by atoms with E-state index in [1.165, 1.54) is 0 Å². The third-order valence-corrected chi connectivity index (χ3v) is 3.72. The second-order valence-electron chi connectivity index (χ2n) is 4.08. The highest BCUT2D eigenvalue weighted by Gasteiger charge is 2.25. The van der Waals surface area contributed by atoms with Crippen LogP contribution in [0.25, 0.3) is 11.4 Å². The fourth-order valence-electron chi connectivity index (χ4n) is 1.46. The number of hydrogen-bond acceptors (Lipinski definition) is 8. The van der Waals surface area contributed by atoms with E-state index in [1.54, 1.807) is 24.3 Å². The monoisotopic (exact) mass is 341 g/mol. The Balaban J connectivity index is 2.18. The van der Waals surface area contributed by atoms with Crippen molar-refractivity contribution in [3.05, 3.63) is 29.3 Å². The van der Waals surface area contributed by atoms with Crippen LogP contribution in [0.5, 0.6) is 0 Å². The van der Waals surface area contributed by atoms with Crippen molar-refractivity contribution in [3.8, 4) is 11.4 Å². The smallest absolute Gasteiger partial charge is 0.331 e. The average molecular weight is 342 g/mol. The van der Waals surface area contributed by atoms with Gasteiger partial charge >= 0.3 is 5.97 Å². The zero-order chi connectivity index (χ0) is 16.3. The maximum atomic E-state index is 11.8. The molecule has 0 radical (unpaired) electrons. The third kappa shape index (κ3) is 3.56. The average Bonchev–Trinajstić information content (AvgIpc) is 2.87. The topological polar surface area (TPSA) is 126 Å². The van der Waals surface area contributed by atoms with Crippen LogP contribution in [0.3, 0.4) is 0 Å². The summed E-state index contributed by atoms with van der Waals surface area (Å²) in [5.41, 5.74) is 11.8. The van der Waals surface area contributed by atoms with Crippen molar-refractivity contribution in [2.75, 3.05) is 12.8 Å². The van der Waals surface area contributed by atoms with Gasteiger partial charge in [-0.15, -0.1) is 5.10 Å². The van der Waals surface area contributed by atoms with E-state index in [9.17, 15) is 9.59 Å². The number of methoxy groups -OCH3 is 1. The summed E-state index contributed by atoms with van der Waals surface area (Å²) in [5, 5.41) is 4.00. The molecule has 8 nitrogen and oxygen atoms in total. The molecule has 1 heterocycles. The number of nitrogen functional groups attached to an aromatic ring is 1. The lowest BCUT2D eigenvalue weighted by Gasteiger charge is -2.06. The number of benzene rings is 1. The molecule has 0 bridgehead atoms. The number of halogens is 1. The Labute approximate surface area is 134 Å². The highest BCUT2D eigenvalue weighted by Crippen LogP contribution is 2.22. The van der Waals surface area contributed by atoms with E-state index >= 15 is 0 Å². The molecule has 0 spiro atoms. The molecule has 0 saturated heterocycles. The van der Waals surface area contributed by atoms with Crippen molar-refractivity contribution < 1.29 is 14.3 Å². The van der Waals surface area contributed by atoms with Gasteiger partial charge in [0.25, 0.3) is 0 Å². The normalized spacial score (nSPS) is 12.0. The van der Waals surface area contributed by atoms with Crippen molar-refractivity contribution >= 4 is 40.6 Å². The molecular formula is C12H12ClN5O3S. The fourth-order valence-corrected chi connectivity index (χ4v) is 2.22. The Kier molecular flexibility index (Phi) is 5.01. The molecule has 10 heteroatoms. The van der Waals surface area contributed by atoms with Gasteiger partial charge in [-0.1, -0.05) is 11.6 Å². The quantitative estimate of drug-likeness (QED) is 0.614. The summed E-state index contributed by atoms with van der Waals surface area (Å²) in [7, 11) is 1.14. The molecule has 0 saturated carbocycles. The zero-order valence-electron chi connectivity index (χ0n) is 11.4. The Morgan fingerprint density at radius 3 is 2.59 bits per heavy atom. The van der Waals surface area contributed by atoms with Crippen molar-refractivity contribution in [1.82, 2.24) is 14.2 Å². The van der Waals surface area contributed by atoms with Gasteiger partial charge in [0.1, 0.15) is 0 Å². The highest BCUT2D eigenvalue weighted by atomic mass is 35.5. The second kappa shape index (κ2) is 6.77. The molecule has 2 aromatic rings. The van der Waals surface area contributed by atoms with Crippen LogP contribution in [0, 0.1) is 0 Å². The van der Waals surface area contributed by atoms with Gasteiger partial charge in [-0.25, -0.2) is 4.79 Å². The molecule has 1 aromatic carbocycles. The molecule has 0 fully saturated rings. The highest BCUT2D eigenvalue weighted by molar-refractivity contribution is 8.12. The van der Waals surface area contributed by atoms with E-state index < -0.39 is 17.1 Å². The summed E-state index contributed by atoms with van der Waals surface area (Å²) in [6, 6.07) is 5.37. The molecule has 1 unspecified atom stereocenters. The van der Waals surface area contributed by atoms with Crippen LogP contribution in [-0.2, 0) is 14.3 Å². The van der Waals surface area contributed by atoms with E-state index in [1.807, 2.05) is 0 Å². The van der Waals surface area contributed by atoms with Gasteiger partial charge < -0.3 is 16.2 Å². The molecule has 0 aliphatic heterocycles. The standard InChI is InChI=1S/C12H12ClN5O3S/c1-21-10(19)8(14)11(20)22-18-12(15)16-9(17-18)6-2-4-7(13)5-3-6/h2-5,8H,14H2,1H3,(H2,15,16,17). The number of aromatic nitrogens is 3. The Morgan fingerprint density at radius 2 is 2.00 bits per heavy atom. The molecular weight excluding hydrogens is 330 g/mol. The summed E-state index contributed by atoms with van der Waals surface area (Å²) in [6.07, 6.45) is 0. The summed E-state index contributed by atoms with van der Waals surface area (Å²) in [5.74, 6) is -0.518. The van der Waals surface area contributed by atoms with Gasteiger partial charge in [0.15, 0.2) is 11.9 Å². The van der Waals surface area contributed by atoms with E-state index in [2.05, 4.69) is 14.8 Å². The lowest BCUT2D eigenvalue weighted by molar-refractivity contribution is -0.143. The summed E-state index contributed by atoms with van der Waals surface area (Å²) >= 11 is 6.37. The number of carbonyl (C=O) groups is 2. The minimum absolute atomic E-state index is 0.000339. The number of nitrogens with zero attached hydrogens (tertiary/aromatic N) is 3. The van der Waals surface area contributed by atoms with Crippen molar-refractivity contribution in [3.63, 3.8) is 0 Å². The largest absolute Gasteiger partial charge is 0.467 e. The minimum Gasteiger partial charge on any atom is -0.467 e. The van der Waals surface area contributed by atoms with E-state index in [0.29, 0.717) is 28.4 Å². The number of ether oxygens (including phenoxy) is 1. The lowest BCUT2D eigenvalue weighted by atomic mass is 10.2. The van der Waals surface area contributed by atoms with Crippen LogP contribution in [-0.4, -0.2) is 38.4 Å². The molecule has 116 valence electrons. The van der Waals surface area contributed by atoms with E-state index in [0.717, 1.165) is 11.2 Å². The molecule has 22 heavy (non-hydrogen) atoms. The number of carbonyl (C=O) groups excluding carboxylic acids is 2. The third-order valence-electron chi connectivity index (χ3n) is 2.59. The van der Waals surface area contributed by atoms with Crippen molar-refractivity contribution in [2.45, 2.75) is 6.04 Å². The van der Waals surface area contributed by atoms with Crippen LogP contribution in [0.4, 0.5) is 5.95 Å². The molecule has 2 rings (SSSR count). The predicted molar refractivity (Wildman–Crippen MR) is 82.9 cm³/mol. The predicted octanol–water partition coefficient (Wildman–Crippen LogP) is 0.704. The SMILES string of the molecule is COC(=O)C(N)C(=O)Sn1nc(-c2ccc(Cl)cc2)nc1N. The Bertz CT molecular complexity index is 703. The molecule has 4 N–H and O–H groups in total.